The summed E-state index contributed by atoms with van der Waals surface area (Å²) in [5, 5.41) is 29.5. The maximum atomic E-state index is 12.5. The topological polar surface area (TPSA) is 126 Å². The molecular formula is C15H20N4O3S. The minimum Gasteiger partial charge on any atom is -0.396 e. The van der Waals surface area contributed by atoms with Crippen molar-refractivity contribution < 1.29 is 13.5 Å². The van der Waals surface area contributed by atoms with Crippen molar-refractivity contribution in [3.05, 3.63) is 23.8 Å². The number of aliphatic hydroxyl groups is 1. The highest BCUT2D eigenvalue weighted by atomic mass is 32.2. The quantitative estimate of drug-likeness (QED) is 0.584. The third-order valence-electron chi connectivity index (χ3n) is 3.20. The smallest absolute Gasteiger partial charge is 0.242 e. The molecule has 23 heavy (non-hydrogen) atoms. The summed E-state index contributed by atoms with van der Waals surface area (Å²) in [6.07, 6.45) is 1.03. The van der Waals surface area contributed by atoms with E-state index >= 15 is 0 Å². The lowest BCUT2D eigenvalue weighted by atomic mass is 10.2. The number of aliphatic hydroxyl groups excluding tert-OH is 1. The Morgan fingerprint density at radius 2 is 2.09 bits per heavy atom. The zero-order chi connectivity index (χ0) is 17.3. The number of hydrogen-bond acceptors (Lipinski definition) is 6. The van der Waals surface area contributed by atoms with E-state index < -0.39 is 16.1 Å². The van der Waals surface area contributed by atoms with Gasteiger partial charge in [-0.05, 0) is 31.0 Å². The fourth-order valence-corrected chi connectivity index (χ4v) is 3.42. The zero-order valence-electron chi connectivity index (χ0n) is 12.9. The van der Waals surface area contributed by atoms with Crippen LogP contribution in [-0.4, -0.2) is 32.7 Å². The number of nitrogens with one attached hydrogen (secondary N) is 2. The van der Waals surface area contributed by atoms with Crippen molar-refractivity contribution in [1.29, 1.82) is 10.5 Å². The molecule has 7 nitrogen and oxygen atoms in total. The first-order valence-electron chi connectivity index (χ1n) is 7.26. The second-order valence-electron chi connectivity index (χ2n) is 4.92. The highest BCUT2D eigenvalue weighted by molar-refractivity contribution is 7.89. The molecule has 0 spiro atoms. The molecule has 124 valence electrons. The van der Waals surface area contributed by atoms with E-state index in [0.717, 1.165) is 0 Å². The first-order chi connectivity index (χ1) is 11.0. The van der Waals surface area contributed by atoms with E-state index in [9.17, 15) is 8.42 Å². The standard InChI is InChI=1S/C15H20N4O3S/c1-2-13(6-7-16)19-23(21,22)15-5-4-12(11-17)10-14(15)18-8-3-9-20/h4-5,10,13,18-20H,2-3,6,8-9H2,1H3. The van der Waals surface area contributed by atoms with Gasteiger partial charge in [-0.25, -0.2) is 13.1 Å². The molecule has 0 amide bonds. The average Bonchev–Trinajstić information content (AvgIpc) is 2.54. The van der Waals surface area contributed by atoms with Gasteiger partial charge in [-0.1, -0.05) is 6.92 Å². The predicted octanol–water partition coefficient (Wildman–Crippen LogP) is 1.32. The third-order valence-corrected chi connectivity index (χ3v) is 4.78. The Bertz CT molecular complexity index is 704. The minimum absolute atomic E-state index is 0.0193. The maximum Gasteiger partial charge on any atom is 0.242 e. The summed E-state index contributed by atoms with van der Waals surface area (Å²) in [5.41, 5.74) is 0.635. The molecule has 0 aliphatic heterocycles. The molecule has 0 aromatic heterocycles. The van der Waals surface area contributed by atoms with E-state index in [0.29, 0.717) is 30.6 Å². The summed E-state index contributed by atoms with van der Waals surface area (Å²) >= 11 is 0. The Balaban J connectivity index is 3.13. The Morgan fingerprint density at radius 1 is 1.35 bits per heavy atom. The Morgan fingerprint density at radius 3 is 2.65 bits per heavy atom. The van der Waals surface area contributed by atoms with Crippen LogP contribution in [0.15, 0.2) is 23.1 Å². The molecule has 1 rings (SSSR count). The average molecular weight is 336 g/mol. The van der Waals surface area contributed by atoms with E-state index in [1.807, 2.05) is 12.1 Å². The van der Waals surface area contributed by atoms with Gasteiger partial charge in [-0.3, -0.25) is 0 Å². The van der Waals surface area contributed by atoms with Gasteiger partial charge in [0, 0.05) is 19.2 Å². The van der Waals surface area contributed by atoms with Crippen molar-refractivity contribution in [2.24, 2.45) is 0 Å². The van der Waals surface area contributed by atoms with Crippen molar-refractivity contribution in [2.45, 2.75) is 37.1 Å². The maximum absolute atomic E-state index is 12.5. The van der Waals surface area contributed by atoms with Gasteiger partial charge in [0.15, 0.2) is 0 Å². The fraction of sp³-hybridized carbons (Fsp3) is 0.467. The number of benzene rings is 1. The molecule has 3 N–H and O–H groups in total. The molecule has 0 aliphatic rings. The normalized spacial score (nSPS) is 12.2. The third kappa shape index (κ3) is 5.53. The summed E-state index contributed by atoms with van der Waals surface area (Å²) in [5.74, 6) is 0. The fourth-order valence-electron chi connectivity index (χ4n) is 1.94. The first kappa shape index (κ1) is 18.9. The van der Waals surface area contributed by atoms with Gasteiger partial charge in [0.05, 0.1) is 29.8 Å². The van der Waals surface area contributed by atoms with Crippen LogP contribution in [0.4, 0.5) is 5.69 Å². The van der Waals surface area contributed by atoms with Crippen LogP contribution in [0.25, 0.3) is 0 Å². The van der Waals surface area contributed by atoms with Crippen LogP contribution in [0.1, 0.15) is 31.7 Å². The number of nitriles is 2. The second kappa shape index (κ2) is 9.11. The number of sulfonamides is 1. The van der Waals surface area contributed by atoms with Crippen LogP contribution in [-0.2, 0) is 10.0 Å². The number of anilines is 1. The van der Waals surface area contributed by atoms with Gasteiger partial charge in [0.2, 0.25) is 10.0 Å². The van der Waals surface area contributed by atoms with Gasteiger partial charge in [0.1, 0.15) is 4.90 Å². The van der Waals surface area contributed by atoms with Crippen molar-refractivity contribution >= 4 is 15.7 Å². The van der Waals surface area contributed by atoms with Crippen molar-refractivity contribution in [3.8, 4) is 12.1 Å². The molecule has 0 saturated carbocycles. The monoisotopic (exact) mass is 336 g/mol. The van der Waals surface area contributed by atoms with Gasteiger partial charge in [-0.2, -0.15) is 10.5 Å². The molecule has 1 aromatic rings. The van der Waals surface area contributed by atoms with E-state index in [1.54, 1.807) is 6.92 Å². The minimum atomic E-state index is -3.82. The number of hydrogen-bond donors (Lipinski definition) is 3. The van der Waals surface area contributed by atoms with Crippen LogP contribution in [0.3, 0.4) is 0 Å². The Kier molecular flexibility index (Phi) is 7.49. The zero-order valence-corrected chi connectivity index (χ0v) is 13.7. The van der Waals surface area contributed by atoms with Gasteiger partial charge in [0.25, 0.3) is 0 Å². The largest absolute Gasteiger partial charge is 0.396 e. The van der Waals surface area contributed by atoms with E-state index in [4.69, 9.17) is 15.6 Å². The van der Waals surface area contributed by atoms with Crippen LogP contribution < -0.4 is 10.0 Å². The molecule has 0 heterocycles. The SMILES string of the molecule is CCC(CC#N)NS(=O)(=O)c1ccc(C#N)cc1NCCCO. The summed E-state index contributed by atoms with van der Waals surface area (Å²) in [7, 11) is -3.82. The van der Waals surface area contributed by atoms with Crippen molar-refractivity contribution in [3.63, 3.8) is 0 Å². The molecule has 8 heteroatoms. The Labute approximate surface area is 136 Å². The van der Waals surface area contributed by atoms with E-state index in [-0.39, 0.29) is 17.9 Å². The molecule has 0 radical (unpaired) electrons. The van der Waals surface area contributed by atoms with Crippen molar-refractivity contribution in [2.75, 3.05) is 18.5 Å². The number of rotatable bonds is 9. The predicted molar refractivity (Wildman–Crippen MR) is 86.0 cm³/mol. The summed E-state index contributed by atoms with van der Waals surface area (Å²) in [4.78, 5) is 0.0193. The lowest BCUT2D eigenvalue weighted by Crippen LogP contribution is -2.34. The lowest BCUT2D eigenvalue weighted by Gasteiger charge is -2.17. The van der Waals surface area contributed by atoms with E-state index in [2.05, 4.69) is 10.0 Å². The molecule has 1 atom stereocenters. The van der Waals surface area contributed by atoms with Gasteiger partial charge in [-0.15, -0.1) is 0 Å². The molecule has 1 aromatic carbocycles. The lowest BCUT2D eigenvalue weighted by molar-refractivity contribution is 0.292. The van der Waals surface area contributed by atoms with Crippen LogP contribution in [0, 0.1) is 22.7 Å². The van der Waals surface area contributed by atoms with Crippen LogP contribution in [0.5, 0.6) is 0 Å². The highest BCUT2D eigenvalue weighted by Gasteiger charge is 2.22. The molecule has 0 bridgehead atoms. The molecular weight excluding hydrogens is 316 g/mol. The summed E-state index contributed by atoms with van der Waals surface area (Å²) < 4.78 is 27.6. The number of nitrogens with zero attached hydrogens (tertiary/aromatic N) is 2. The Hall–Kier alpha value is -2.13. The van der Waals surface area contributed by atoms with Crippen LogP contribution in [0.2, 0.25) is 0 Å². The molecule has 0 fully saturated rings. The molecule has 0 aliphatic carbocycles. The molecule has 0 saturated heterocycles. The van der Waals surface area contributed by atoms with Crippen molar-refractivity contribution in [1.82, 2.24) is 4.72 Å². The molecule has 1 unspecified atom stereocenters. The highest BCUT2D eigenvalue weighted by Crippen LogP contribution is 2.23. The van der Waals surface area contributed by atoms with Crippen LogP contribution >= 0.6 is 0 Å². The summed E-state index contributed by atoms with van der Waals surface area (Å²) in [6, 6.07) is 7.69. The van der Waals surface area contributed by atoms with Gasteiger partial charge < -0.3 is 10.4 Å². The second-order valence-corrected chi connectivity index (χ2v) is 6.60. The van der Waals surface area contributed by atoms with Gasteiger partial charge >= 0.3 is 0 Å². The first-order valence-corrected chi connectivity index (χ1v) is 8.75. The van der Waals surface area contributed by atoms with E-state index in [1.165, 1.54) is 18.2 Å². The summed E-state index contributed by atoms with van der Waals surface area (Å²) in [6.45, 7) is 2.15.